The molecule has 0 aliphatic heterocycles. The first-order chi connectivity index (χ1) is 10.3. The third-order valence-electron chi connectivity index (χ3n) is 3.20. The molecular formula is C15H18N6. The van der Waals surface area contributed by atoms with Gasteiger partial charge in [0.25, 0.3) is 0 Å². The maximum Gasteiger partial charge on any atom is 0.158 e. The van der Waals surface area contributed by atoms with Crippen LogP contribution in [0.25, 0.3) is 16.9 Å². The monoisotopic (exact) mass is 282 g/mol. The molecule has 3 aromatic rings. The molecule has 6 heteroatoms. The standard InChI is InChI=1S/C15H18N6/c1-11-8-14(18-7-3-5-16)21-15(19-11)9-13(20-21)12-4-2-6-17-10-12/h2,4,6,8-10,18H,3,5,7,16H2,1H3. The van der Waals surface area contributed by atoms with Crippen LogP contribution in [0.2, 0.25) is 0 Å². The Morgan fingerprint density at radius 3 is 3.00 bits per heavy atom. The average molecular weight is 282 g/mol. The van der Waals surface area contributed by atoms with Gasteiger partial charge in [-0.1, -0.05) is 0 Å². The predicted molar refractivity (Wildman–Crippen MR) is 83.1 cm³/mol. The minimum absolute atomic E-state index is 0.667. The molecule has 3 N–H and O–H groups in total. The van der Waals surface area contributed by atoms with E-state index >= 15 is 0 Å². The molecule has 3 aromatic heterocycles. The largest absolute Gasteiger partial charge is 0.370 e. The van der Waals surface area contributed by atoms with E-state index in [9.17, 15) is 0 Å². The highest BCUT2D eigenvalue weighted by Crippen LogP contribution is 2.20. The fraction of sp³-hybridized carbons (Fsp3) is 0.267. The topological polar surface area (TPSA) is 81.1 Å². The first-order valence-corrected chi connectivity index (χ1v) is 6.99. The minimum atomic E-state index is 0.667. The second-order valence-electron chi connectivity index (χ2n) is 4.89. The molecule has 0 aliphatic rings. The van der Waals surface area contributed by atoms with Crippen molar-refractivity contribution in [2.24, 2.45) is 5.73 Å². The van der Waals surface area contributed by atoms with Crippen LogP contribution in [-0.4, -0.2) is 32.7 Å². The van der Waals surface area contributed by atoms with Crippen LogP contribution in [0.1, 0.15) is 12.1 Å². The second-order valence-corrected chi connectivity index (χ2v) is 4.89. The smallest absolute Gasteiger partial charge is 0.158 e. The Labute approximate surface area is 123 Å². The lowest BCUT2D eigenvalue weighted by Gasteiger charge is -2.08. The Hall–Kier alpha value is -2.47. The number of hydrogen-bond donors (Lipinski definition) is 2. The highest BCUT2D eigenvalue weighted by atomic mass is 15.3. The van der Waals surface area contributed by atoms with Gasteiger partial charge in [0.2, 0.25) is 0 Å². The lowest BCUT2D eigenvalue weighted by Crippen LogP contribution is -2.11. The summed E-state index contributed by atoms with van der Waals surface area (Å²) in [6.07, 6.45) is 4.47. The van der Waals surface area contributed by atoms with Gasteiger partial charge in [-0.15, -0.1) is 0 Å². The van der Waals surface area contributed by atoms with Crippen molar-refractivity contribution >= 4 is 11.5 Å². The molecule has 0 bridgehead atoms. The molecule has 0 spiro atoms. The molecular weight excluding hydrogens is 264 g/mol. The van der Waals surface area contributed by atoms with Gasteiger partial charge in [-0.3, -0.25) is 4.98 Å². The predicted octanol–water partition coefficient (Wildman–Crippen LogP) is 1.86. The summed E-state index contributed by atoms with van der Waals surface area (Å²) in [5.74, 6) is 0.932. The molecule has 0 unspecified atom stereocenters. The van der Waals surface area contributed by atoms with E-state index in [1.54, 1.807) is 12.4 Å². The van der Waals surface area contributed by atoms with Crippen molar-refractivity contribution in [1.82, 2.24) is 19.6 Å². The first-order valence-electron chi connectivity index (χ1n) is 6.99. The SMILES string of the molecule is Cc1cc(NCCCN)n2nc(-c3cccnc3)cc2n1. The van der Waals surface area contributed by atoms with Gasteiger partial charge in [0, 0.05) is 42.3 Å². The molecule has 108 valence electrons. The molecule has 6 nitrogen and oxygen atoms in total. The Bertz CT molecular complexity index is 735. The molecule has 0 saturated heterocycles. The highest BCUT2D eigenvalue weighted by Gasteiger charge is 2.09. The molecule has 0 saturated carbocycles. The normalized spacial score (nSPS) is 11.0. The summed E-state index contributed by atoms with van der Waals surface area (Å²) in [5, 5.41) is 7.98. The van der Waals surface area contributed by atoms with Crippen LogP contribution < -0.4 is 11.1 Å². The quantitative estimate of drug-likeness (QED) is 0.698. The van der Waals surface area contributed by atoms with Crippen LogP contribution >= 0.6 is 0 Å². The van der Waals surface area contributed by atoms with Crippen LogP contribution in [0, 0.1) is 6.92 Å². The summed E-state index contributed by atoms with van der Waals surface area (Å²) in [7, 11) is 0. The zero-order valence-corrected chi connectivity index (χ0v) is 12.0. The molecule has 0 aromatic carbocycles. The van der Waals surface area contributed by atoms with Gasteiger partial charge in [0.1, 0.15) is 5.82 Å². The maximum atomic E-state index is 5.53. The number of aromatic nitrogens is 4. The number of fused-ring (bicyclic) bond motifs is 1. The van der Waals surface area contributed by atoms with Crippen molar-refractivity contribution in [2.75, 3.05) is 18.4 Å². The van der Waals surface area contributed by atoms with Crippen molar-refractivity contribution in [3.05, 3.63) is 42.4 Å². The molecule has 3 rings (SSSR count). The van der Waals surface area contributed by atoms with E-state index in [-0.39, 0.29) is 0 Å². The zero-order valence-electron chi connectivity index (χ0n) is 12.0. The Morgan fingerprint density at radius 1 is 1.33 bits per heavy atom. The molecule has 0 fully saturated rings. The zero-order chi connectivity index (χ0) is 14.7. The van der Waals surface area contributed by atoms with E-state index in [2.05, 4.69) is 20.4 Å². The van der Waals surface area contributed by atoms with Gasteiger partial charge in [-0.25, -0.2) is 4.98 Å². The third-order valence-corrected chi connectivity index (χ3v) is 3.20. The van der Waals surface area contributed by atoms with E-state index in [0.717, 1.165) is 41.4 Å². The number of nitrogens with zero attached hydrogens (tertiary/aromatic N) is 4. The van der Waals surface area contributed by atoms with Gasteiger partial charge in [0.15, 0.2) is 5.65 Å². The highest BCUT2D eigenvalue weighted by molar-refractivity contribution is 5.64. The summed E-state index contributed by atoms with van der Waals surface area (Å²) in [6, 6.07) is 7.85. The van der Waals surface area contributed by atoms with E-state index in [1.807, 2.05) is 35.7 Å². The number of nitrogens with one attached hydrogen (secondary N) is 1. The Morgan fingerprint density at radius 2 is 2.24 bits per heavy atom. The van der Waals surface area contributed by atoms with Crippen LogP contribution in [0.5, 0.6) is 0 Å². The Kier molecular flexibility index (Phi) is 3.79. The lowest BCUT2D eigenvalue weighted by molar-refractivity contribution is 0.851. The van der Waals surface area contributed by atoms with E-state index in [0.29, 0.717) is 6.54 Å². The second kappa shape index (κ2) is 5.88. The number of hydrogen-bond acceptors (Lipinski definition) is 5. The van der Waals surface area contributed by atoms with Gasteiger partial charge >= 0.3 is 0 Å². The third kappa shape index (κ3) is 2.85. The minimum Gasteiger partial charge on any atom is -0.370 e. The summed E-state index contributed by atoms with van der Waals surface area (Å²) in [5.41, 5.74) is 9.16. The molecule has 0 radical (unpaired) electrons. The van der Waals surface area contributed by atoms with E-state index < -0.39 is 0 Å². The molecule has 0 aliphatic carbocycles. The van der Waals surface area contributed by atoms with Crippen molar-refractivity contribution in [3.63, 3.8) is 0 Å². The van der Waals surface area contributed by atoms with Crippen molar-refractivity contribution in [3.8, 4) is 11.3 Å². The number of aryl methyl sites for hydroxylation is 1. The van der Waals surface area contributed by atoms with Crippen LogP contribution in [0.4, 0.5) is 5.82 Å². The summed E-state index contributed by atoms with van der Waals surface area (Å²) >= 11 is 0. The van der Waals surface area contributed by atoms with Gasteiger partial charge in [-0.05, 0) is 32.0 Å². The van der Waals surface area contributed by atoms with E-state index in [4.69, 9.17) is 5.73 Å². The number of rotatable bonds is 5. The molecule has 0 amide bonds. The number of anilines is 1. The fourth-order valence-corrected chi connectivity index (χ4v) is 2.20. The molecule has 21 heavy (non-hydrogen) atoms. The van der Waals surface area contributed by atoms with Gasteiger partial charge in [0.05, 0.1) is 5.69 Å². The van der Waals surface area contributed by atoms with Crippen LogP contribution in [-0.2, 0) is 0 Å². The van der Waals surface area contributed by atoms with Crippen molar-refractivity contribution in [2.45, 2.75) is 13.3 Å². The summed E-state index contributed by atoms with van der Waals surface area (Å²) < 4.78 is 1.83. The summed E-state index contributed by atoms with van der Waals surface area (Å²) in [6.45, 7) is 3.46. The maximum absolute atomic E-state index is 5.53. The number of pyridine rings is 1. The Balaban J connectivity index is 2.02. The summed E-state index contributed by atoms with van der Waals surface area (Å²) in [4.78, 5) is 8.66. The first kappa shape index (κ1) is 13.5. The van der Waals surface area contributed by atoms with Crippen molar-refractivity contribution in [1.29, 1.82) is 0 Å². The van der Waals surface area contributed by atoms with Gasteiger partial charge < -0.3 is 11.1 Å². The number of nitrogens with two attached hydrogens (primary N) is 1. The fourth-order valence-electron chi connectivity index (χ4n) is 2.20. The molecule has 3 heterocycles. The van der Waals surface area contributed by atoms with Crippen LogP contribution in [0.15, 0.2) is 36.7 Å². The van der Waals surface area contributed by atoms with Crippen molar-refractivity contribution < 1.29 is 0 Å². The average Bonchev–Trinajstić information content (AvgIpc) is 2.92. The van der Waals surface area contributed by atoms with Crippen LogP contribution in [0.3, 0.4) is 0 Å². The van der Waals surface area contributed by atoms with Gasteiger partial charge in [-0.2, -0.15) is 9.61 Å². The lowest BCUT2D eigenvalue weighted by atomic mass is 10.2. The molecule has 0 atom stereocenters. The van der Waals surface area contributed by atoms with E-state index in [1.165, 1.54) is 0 Å².